The Bertz CT molecular complexity index is 618. The molecule has 2 rings (SSSR count). The molecule has 0 unspecified atom stereocenters. The predicted octanol–water partition coefficient (Wildman–Crippen LogP) is 2.45. The van der Waals surface area contributed by atoms with Crippen LogP contribution in [0.25, 0.3) is 0 Å². The topological polar surface area (TPSA) is 60.4 Å². The Morgan fingerprint density at radius 2 is 2.05 bits per heavy atom. The van der Waals surface area contributed by atoms with E-state index in [1.807, 2.05) is 0 Å². The van der Waals surface area contributed by atoms with Gasteiger partial charge in [-0.15, -0.1) is 0 Å². The molecule has 0 aromatic heterocycles. The van der Waals surface area contributed by atoms with E-state index in [9.17, 15) is 13.2 Å². The van der Waals surface area contributed by atoms with Crippen LogP contribution in [0.15, 0.2) is 27.6 Å². The van der Waals surface area contributed by atoms with Gasteiger partial charge in [-0.1, -0.05) is 6.07 Å². The summed E-state index contributed by atoms with van der Waals surface area (Å²) in [5, 5.41) is 0. The SMILES string of the molecule is CCOC(=O)C1(c2ccc(S(C)(=O)=O)c(Br)c2)CC1. The lowest BCUT2D eigenvalue weighted by Gasteiger charge is -2.15. The van der Waals surface area contributed by atoms with Gasteiger partial charge in [0.05, 0.1) is 16.9 Å². The van der Waals surface area contributed by atoms with Gasteiger partial charge in [-0.3, -0.25) is 4.79 Å². The number of carbonyl (C=O) groups is 1. The molecule has 6 heteroatoms. The third-order valence-corrected chi connectivity index (χ3v) is 5.37. The molecule has 0 spiro atoms. The molecule has 0 N–H and O–H groups in total. The number of carbonyl (C=O) groups excluding carboxylic acids is 1. The maximum atomic E-state index is 12.0. The van der Waals surface area contributed by atoms with Crippen molar-refractivity contribution in [3.63, 3.8) is 0 Å². The molecule has 0 radical (unpaired) electrons. The summed E-state index contributed by atoms with van der Waals surface area (Å²) in [7, 11) is -3.27. The van der Waals surface area contributed by atoms with Gasteiger partial charge in [0.25, 0.3) is 0 Å². The Labute approximate surface area is 121 Å². The first-order valence-corrected chi connectivity index (χ1v) is 8.67. The molecule has 1 aliphatic rings. The second kappa shape index (κ2) is 4.90. The van der Waals surface area contributed by atoms with Gasteiger partial charge in [0.15, 0.2) is 9.84 Å². The minimum absolute atomic E-state index is 0.228. The number of hydrogen-bond donors (Lipinski definition) is 0. The minimum Gasteiger partial charge on any atom is -0.465 e. The van der Waals surface area contributed by atoms with Crippen LogP contribution in [0.3, 0.4) is 0 Å². The Hall–Kier alpha value is -0.880. The van der Waals surface area contributed by atoms with E-state index in [1.54, 1.807) is 19.1 Å². The molecule has 0 atom stereocenters. The summed E-state index contributed by atoms with van der Waals surface area (Å²) in [6.45, 7) is 2.12. The molecule has 1 fully saturated rings. The van der Waals surface area contributed by atoms with Crippen molar-refractivity contribution in [2.45, 2.75) is 30.1 Å². The van der Waals surface area contributed by atoms with Crippen LogP contribution in [0.4, 0.5) is 0 Å². The summed E-state index contributed by atoms with van der Waals surface area (Å²) in [6.07, 6.45) is 2.65. The molecule has 19 heavy (non-hydrogen) atoms. The Balaban J connectivity index is 2.39. The molecule has 0 heterocycles. The van der Waals surface area contributed by atoms with Crippen molar-refractivity contribution >= 4 is 31.7 Å². The second-order valence-electron chi connectivity index (χ2n) is 4.72. The molecule has 0 amide bonds. The van der Waals surface area contributed by atoms with Crippen molar-refractivity contribution in [3.8, 4) is 0 Å². The third kappa shape index (κ3) is 2.69. The standard InChI is InChI=1S/C13H15BrO4S/c1-3-18-12(15)13(6-7-13)9-4-5-11(10(14)8-9)19(2,16)17/h4-5,8H,3,6-7H2,1-2H3. The van der Waals surface area contributed by atoms with Crippen molar-refractivity contribution in [1.82, 2.24) is 0 Å². The molecule has 0 aliphatic heterocycles. The summed E-state index contributed by atoms with van der Waals surface area (Å²) in [5.41, 5.74) is 0.236. The monoisotopic (exact) mass is 346 g/mol. The first-order valence-electron chi connectivity index (χ1n) is 5.98. The first-order chi connectivity index (χ1) is 8.81. The van der Waals surface area contributed by atoms with Gasteiger partial charge in [0.1, 0.15) is 0 Å². The number of sulfone groups is 1. The summed E-state index contributed by atoms with van der Waals surface area (Å²) >= 11 is 3.26. The van der Waals surface area contributed by atoms with E-state index in [4.69, 9.17) is 4.74 Å². The van der Waals surface area contributed by atoms with Crippen LogP contribution in [0, 0.1) is 0 Å². The zero-order chi connectivity index (χ0) is 14.3. The van der Waals surface area contributed by atoms with E-state index in [0.717, 1.165) is 24.7 Å². The molecule has 4 nitrogen and oxygen atoms in total. The lowest BCUT2D eigenvalue weighted by molar-refractivity contribution is -0.146. The molecule has 104 valence electrons. The fourth-order valence-corrected chi connectivity index (χ4v) is 4.09. The van der Waals surface area contributed by atoms with Crippen LogP contribution in [-0.4, -0.2) is 27.2 Å². The van der Waals surface area contributed by atoms with Crippen LogP contribution >= 0.6 is 15.9 Å². The summed E-state index contributed by atoms with van der Waals surface area (Å²) in [5.74, 6) is -0.228. The Morgan fingerprint density at radius 1 is 1.42 bits per heavy atom. The maximum absolute atomic E-state index is 12.0. The van der Waals surface area contributed by atoms with Crippen LogP contribution in [0.5, 0.6) is 0 Å². The van der Waals surface area contributed by atoms with Crippen molar-refractivity contribution in [2.24, 2.45) is 0 Å². The highest BCUT2D eigenvalue weighted by Gasteiger charge is 2.52. The number of benzene rings is 1. The molecule has 0 saturated heterocycles. The van der Waals surface area contributed by atoms with Crippen molar-refractivity contribution in [2.75, 3.05) is 12.9 Å². The van der Waals surface area contributed by atoms with Crippen molar-refractivity contribution in [3.05, 3.63) is 28.2 Å². The molecule has 1 saturated carbocycles. The quantitative estimate of drug-likeness (QED) is 0.785. The lowest BCUT2D eigenvalue weighted by atomic mass is 9.96. The maximum Gasteiger partial charge on any atom is 0.316 e. The van der Waals surface area contributed by atoms with E-state index in [0.29, 0.717) is 11.1 Å². The largest absolute Gasteiger partial charge is 0.465 e. The predicted molar refractivity (Wildman–Crippen MR) is 74.8 cm³/mol. The minimum atomic E-state index is -3.27. The van der Waals surface area contributed by atoms with E-state index in [1.165, 1.54) is 6.07 Å². The number of ether oxygens (including phenoxy) is 1. The fourth-order valence-electron chi connectivity index (χ4n) is 2.10. The van der Waals surface area contributed by atoms with Gasteiger partial charge >= 0.3 is 5.97 Å². The molecule has 0 bridgehead atoms. The van der Waals surface area contributed by atoms with Crippen molar-refractivity contribution in [1.29, 1.82) is 0 Å². The lowest BCUT2D eigenvalue weighted by Crippen LogP contribution is -2.23. The van der Waals surface area contributed by atoms with Crippen LogP contribution in [0.2, 0.25) is 0 Å². The van der Waals surface area contributed by atoms with Gasteiger partial charge in [0, 0.05) is 10.7 Å². The zero-order valence-corrected chi connectivity index (χ0v) is 13.2. The summed E-state index contributed by atoms with van der Waals surface area (Å²) < 4.78 is 28.7. The molecule has 1 aliphatic carbocycles. The van der Waals surface area contributed by atoms with Gasteiger partial charge in [-0.05, 0) is 53.4 Å². The first kappa shape index (κ1) is 14.5. The summed E-state index contributed by atoms with van der Waals surface area (Å²) in [4.78, 5) is 12.2. The highest BCUT2D eigenvalue weighted by atomic mass is 79.9. The second-order valence-corrected chi connectivity index (χ2v) is 7.56. The molecule has 1 aromatic rings. The van der Waals surface area contributed by atoms with Gasteiger partial charge < -0.3 is 4.74 Å². The van der Waals surface area contributed by atoms with Crippen LogP contribution in [0.1, 0.15) is 25.3 Å². The molecular formula is C13H15BrO4S. The van der Waals surface area contributed by atoms with Gasteiger partial charge in [-0.2, -0.15) is 0 Å². The molecular weight excluding hydrogens is 332 g/mol. The van der Waals surface area contributed by atoms with Crippen molar-refractivity contribution < 1.29 is 17.9 Å². The zero-order valence-electron chi connectivity index (χ0n) is 10.8. The number of hydrogen-bond acceptors (Lipinski definition) is 4. The van der Waals surface area contributed by atoms with E-state index < -0.39 is 15.3 Å². The number of esters is 1. The van der Waals surface area contributed by atoms with E-state index in [-0.39, 0.29) is 10.9 Å². The Kier molecular flexibility index (Phi) is 3.75. The third-order valence-electron chi connectivity index (χ3n) is 3.30. The molecule has 1 aromatic carbocycles. The highest BCUT2D eigenvalue weighted by molar-refractivity contribution is 9.10. The smallest absolute Gasteiger partial charge is 0.316 e. The highest BCUT2D eigenvalue weighted by Crippen LogP contribution is 2.50. The number of rotatable bonds is 4. The van der Waals surface area contributed by atoms with Gasteiger partial charge in [0.2, 0.25) is 0 Å². The normalized spacial score (nSPS) is 17.0. The number of halogens is 1. The van der Waals surface area contributed by atoms with Gasteiger partial charge in [-0.25, -0.2) is 8.42 Å². The van der Waals surface area contributed by atoms with Crippen LogP contribution < -0.4 is 0 Å². The Morgan fingerprint density at radius 3 is 2.47 bits per heavy atom. The van der Waals surface area contributed by atoms with E-state index >= 15 is 0 Å². The van der Waals surface area contributed by atoms with E-state index in [2.05, 4.69) is 15.9 Å². The average Bonchev–Trinajstić information content (AvgIpc) is 3.08. The van der Waals surface area contributed by atoms with Crippen LogP contribution in [-0.2, 0) is 24.8 Å². The summed E-state index contributed by atoms with van der Waals surface area (Å²) in [6, 6.07) is 4.94. The fraction of sp³-hybridized carbons (Fsp3) is 0.462. The average molecular weight is 347 g/mol.